The minimum Gasteiger partial charge on any atom is -0.406 e. The van der Waals surface area contributed by atoms with Crippen LogP contribution < -0.4 is 20.0 Å². The van der Waals surface area contributed by atoms with Crippen molar-refractivity contribution in [2.24, 2.45) is 0 Å². The molecule has 0 saturated carbocycles. The fourth-order valence-electron chi connectivity index (χ4n) is 2.90. The largest absolute Gasteiger partial charge is 0.573 e. The summed E-state index contributed by atoms with van der Waals surface area (Å²) in [6.07, 6.45) is -2.21. The Kier molecular flexibility index (Phi) is 5.74. The molecule has 7 nitrogen and oxygen atoms in total. The molecule has 2 aromatic rings. The van der Waals surface area contributed by atoms with Crippen LogP contribution in [0.5, 0.6) is 5.75 Å². The average Bonchev–Trinajstić information content (AvgIpc) is 3.07. The highest BCUT2D eigenvalue weighted by molar-refractivity contribution is 6.07. The molecule has 0 radical (unpaired) electrons. The molecule has 1 aliphatic rings. The number of carbonyl (C=O) groups excluding carboxylic acids is 2. The first-order chi connectivity index (χ1) is 13.8. The summed E-state index contributed by atoms with van der Waals surface area (Å²) in [6.45, 7) is 0.671. The summed E-state index contributed by atoms with van der Waals surface area (Å²) in [4.78, 5) is 27.0. The third-order valence-corrected chi connectivity index (χ3v) is 4.14. The summed E-state index contributed by atoms with van der Waals surface area (Å²) in [5, 5.41) is 8.59. The van der Waals surface area contributed by atoms with Gasteiger partial charge in [0.1, 0.15) is 5.75 Å². The first-order valence-corrected chi connectivity index (χ1v) is 8.44. The number of carbonyl (C=O) groups is 2. The number of ether oxygens (including phenoxy) is 1. The molecule has 0 aliphatic carbocycles. The average molecular weight is 407 g/mol. The predicted octanol–water partition coefficient (Wildman–Crippen LogP) is 3.55. The van der Waals surface area contributed by atoms with Crippen molar-refractivity contribution in [3.63, 3.8) is 0 Å². The number of hydrogen-bond donors (Lipinski definition) is 2. The van der Waals surface area contributed by atoms with Gasteiger partial charge >= 0.3 is 12.4 Å². The summed E-state index contributed by atoms with van der Waals surface area (Å²) >= 11 is 0. The van der Waals surface area contributed by atoms with Crippen LogP contribution in [-0.2, 0) is 4.79 Å². The lowest BCUT2D eigenvalue weighted by atomic mass is 10.1. The molecule has 1 aliphatic heterocycles. The van der Waals surface area contributed by atoms with Crippen LogP contribution in [0, 0.1) is 0 Å². The van der Waals surface area contributed by atoms with Crippen molar-refractivity contribution in [2.75, 3.05) is 22.9 Å². The first-order valence-electron chi connectivity index (χ1n) is 8.44. The molecule has 0 spiro atoms. The Balaban J connectivity index is 1.79. The summed E-state index contributed by atoms with van der Waals surface area (Å²) in [7, 11) is 0. The topological polar surface area (TPSA) is 82.1 Å². The third kappa shape index (κ3) is 4.85. The quantitative estimate of drug-likeness (QED) is 0.451. The molecule has 0 unspecified atom stereocenters. The van der Waals surface area contributed by atoms with Crippen molar-refractivity contribution in [1.29, 1.82) is 0 Å². The normalized spacial score (nSPS) is 14.6. The van der Waals surface area contributed by atoms with Gasteiger partial charge in [-0.3, -0.25) is 19.8 Å². The molecule has 1 saturated heterocycles. The molecule has 1 heterocycles. The lowest BCUT2D eigenvalue weighted by molar-refractivity contribution is -0.274. The molecule has 0 bridgehead atoms. The van der Waals surface area contributed by atoms with Crippen LogP contribution in [0.1, 0.15) is 5.56 Å². The maximum absolute atomic E-state index is 12.9. The van der Waals surface area contributed by atoms with Gasteiger partial charge in [-0.2, -0.15) is 0 Å². The molecular formula is C19H16F3N3O4. The standard InChI is InChI=1S/C19H16F3N3O4/c20-19(21,22)29-15-8-6-14(7-9-15)24-11-12-25(18(24)27)16-4-2-1-3-13(16)5-10-17(26)23-28/h1-10,28H,11-12H2,(H,23,26)/b10-5+. The van der Waals surface area contributed by atoms with E-state index in [1.807, 2.05) is 0 Å². The predicted molar refractivity (Wildman–Crippen MR) is 98.6 cm³/mol. The van der Waals surface area contributed by atoms with Crippen molar-refractivity contribution < 1.29 is 32.7 Å². The number of benzene rings is 2. The fraction of sp³-hybridized carbons (Fsp3) is 0.158. The van der Waals surface area contributed by atoms with Crippen molar-refractivity contribution >= 4 is 29.4 Å². The molecule has 3 rings (SSSR count). The van der Waals surface area contributed by atoms with E-state index in [9.17, 15) is 22.8 Å². The SMILES string of the molecule is O=C(/C=C/c1ccccc1N1CCN(c2ccc(OC(F)(F)F)cc2)C1=O)NO. The Labute approximate surface area is 163 Å². The maximum Gasteiger partial charge on any atom is 0.573 e. The van der Waals surface area contributed by atoms with Crippen molar-refractivity contribution in [3.05, 3.63) is 60.2 Å². The van der Waals surface area contributed by atoms with Crippen LogP contribution in [0.2, 0.25) is 0 Å². The second kappa shape index (κ2) is 8.23. The van der Waals surface area contributed by atoms with E-state index < -0.39 is 12.3 Å². The summed E-state index contributed by atoms with van der Waals surface area (Å²) < 4.78 is 40.7. The third-order valence-electron chi connectivity index (χ3n) is 4.14. The molecule has 0 aromatic heterocycles. The van der Waals surface area contributed by atoms with Crippen LogP contribution in [0.15, 0.2) is 54.6 Å². The smallest absolute Gasteiger partial charge is 0.406 e. The molecule has 10 heteroatoms. The van der Waals surface area contributed by atoms with Crippen molar-refractivity contribution in [2.45, 2.75) is 6.36 Å². The van der Waals surface area contributed by atoms with Crippen LogP contribution in [0.3, 0.4) is 0 Å². The van der Waals surface area contributed by atoms with Crippen LogP contribution >= 0.6 is 0 Å². The number of rotatable bonds is 5. The Morgan fingerprint density at radius 2 is 1.72 bits per heavy atom. The van der Waals surface area contributed by atoms with Crippen molar-refractivity contribution in [1.82, 2.24) is 5.48 Å². The number of para-hydroxylation sites is 1. The number of amides is 3. The van der Waals surface area contributed by atoms with Crippen LogP contribution in [-0.4, -0.2) is 36.6 Å². The molecule has 1 fully saturated rings. The van der Waals surface area contributed by atoms with E-state index in [-0.39, 0.29) is 11.8 Å². The van der Waals surface area contributed by atoms with E-state index in [1.165, 1.54) is 33.5 Å². The van der Waals surface area contributed by atoms with Crippen molar-refractivity contribution in [3.8, 4) is 5.75 Å². The number of alkyl halides is 3. The van der Waals surface area contributed by atoms with Gasteiger partial charge in [-0.15, -0.1) is 13.2 Å². The summed E-state index contributed by atoms with van der Waals surface area (Å²) in [5.74, 6) is -1.09. The van der Waals surface area contributed by atoms with E-state index in [0.717, 1.165) is 18.2 Å². The zero-order valence-corrected chi connectivity index (χ0v) is 14.9. The molecular weight excluding hydrogens is 391 g/mol. The van der Waals surface area contributed by atoms with Crippen LogP contribution in [0.25, 0.3) is 6.08 Å². The van der Waals surface area contributed by atoms with Gasteiger partial charge in [0, 0.05) is 24.9 Å². The Morgan fingerprint density at radius 1 is 1.07 bits per heavy atom. The maximum atomic E-state index is 12.9. The molecule has 0 atom stereocenters. The highest BCUT2D eigenvalue weighted by Crippen LogP contribution is 2.30. The van der Waals surface area contributed by atoms with E-state index in [4.69, 9.17) is 5.21 Å². The lowest BCUT2D eigenvalue weighted by Gasteiger charge is -2.20. The molecule has 2 aromatic carbocycles. The number of urea groups is 1. The highest BCUT2D eigenvalue weighted by Gasteiger charge is 2.33. The molecule has 29 heavy (non-hydrogen) atoms. The van der Waals surface area contributed by atoms with E-state index in [0.29, 0.717) is 30.0 Å². The second-order valence-corrected chi connectivity index (χ2v) is 6.00. The Morgan fingerprint density at radius 3 is 2.38 bits per heavy atom. The minimum absolute atomic E-state index is 0.327. The number of hydroxylamine groups is 1. The van der Waals surface area contributed by atoms with Gasteiger partial charge in [-0.1, -0.05) is 18.2 Å². The number of halogens is 3. The van der Waals surface area contributed by atoms with Gasteiger partial charge < -0.3 is 4.74 Å². The van der Waals surface area contributed by atoms with Gasteiger partial charge in [-0.05, 0) is 42.0 Å². The lowest BCUT2D eigenvalue weighted by Crippen LogP contribution is -2.32. The zero-order chi connectivity index (χ0) is 21.0. The van der Waals surface area contributed by atoms with Gasteiger partial charge in [0.15, 0.2) is 0 Å². The molecule has 152 valence electrons. The van der Waals surface area contributed by atoms with E-state index >= 15 is 0 Å². The van der Waals surface area contributed by atoms with E-state index in [2.05, 4.69) is 4.74 Å². The minimum atomic E-state index is -4.79. The molecule has 2 N–H and O–H groups in total. The van der Waals surface area contributed by atoms with Gasteiger partial charge in [0.2, 0.25) is 0 Å². The fourth-order valence-corrected chi connectivity index (χ4v) is 2.90. The number of anilines is 2. The zero-order valence-electron chi connectivity index (χ0n) is 14.9. The molecule has 3 amide bonds. The van der Waals surface area contributed by atoms with Gasteiger partial charge in [0.25, 0.3) is 5.91 Å². The summed E-state index contributed by atoms with van der Waals surface area (Å²) in [5.41, 5.74) is 3.05. The number of hydrogen-bond acceptors (Lipinski definition) is 4. The number of nitrogens with one attached hydrogen (secondary N) is 1. The number of nitrogens with zero attached hydrogens (tertiary/aromatic N) is 2. The van der Waals surface area contributed by atoms with Gasteiger partial charge in [-0.25, -0.2) is 10.3 Å². The van der Waals surface area contributed by atoms with Gasteiger partial charge in [0.05, 0.1) is 5.69 Å². The summed E-state index contributed by atoms with van der Waals surface area (Å²) in [6, 6.07) is 11.6. The second-order valence-electron chi connectivity index (χ2n) is 6.00. The first kappa shape index (κ1) is 20.2. The van der Waals surface area contributed by atoms with E-state index in [1.54, 1.807) is 24.3 Å². The Bertz CT molecular complexity index is 929. The van der Waals surface area contributed by atoms with Crippen LogP contribution in [0.4, 0.5) is 29.3 Å². The Hall–Kier alpha value is -3.53. The monoisotopic (exact) mass is 407 g/mol. The highest BCUT2D eigenvalue weighted by atomic mass is 19.4.